The Morgan fingerprint density at radius 2 is 1.71 bits per heavy atom. The Hall–Kier alpha value is -1.31. The van der Waals surface area contributed by atoms with Crippen LogP contribution in [0.1, 0.15) is 51.2 Å². The molecule has 2 nitrogen and oxygen atoms in total. The van der Waals surface area contributed by atoms with E-state index in [1.807, 2.05) is 0 Å². The van der Waals surface area contributed by atoms with E-state index in [2.05, 4.69) is 45.0 Å². The molecule has 1 aromatic carbocycles. The van der Waals surface area contributed by atoms with E-state index < -0.39 is 5.97 Å². The largest absolute Gasteiger partial charge is 0.481 e. The highest BCUT2D eigenvalue weighted by atomic mass is 16.4. The highest BCUT2D eigenvalue weighted by molar-refractivity contribution is 5.66. The third-order valence-corrected chi connectivity index (χ3v) is 2.93. The maximum atomic E-state index is 10.4. The van der Waals surface area contributed by atoms with Crippen LogP contribution in [-0.4, -0.2) is 11.1 Å². The van der Waals surface area contributed by atoms with Crippen LogP contribution in [-0.2, 0) is 16.6 Å². The molecule has 0 aliphatic rings. The van der Waals surface area contributed by atoms with Crippen molar-refractivity contribution in [3.05, 3.63) is 35.4 Å². The fourth-order valence-electron chi connectivity index (χ4n) is 1.78. The van der Waals surface area contributed by atoms with Crippen molar-refractivity contribution in [2.45, 2.75) is 51.9 Å². The molecule has 0 aromatic heterocycles. The van der Waals surface area contributed by atoms with Crippen LogP contribution in [0.5, 0.6) is 0 Å². The predicted octanol–water partition coefficient (Wildman–Crippen LogP) is 3.78. The molecule has 0 amide bonds. The lowest BCUT2D eigenvalue weighted by Crippen LogP contribution is -2.10. The zero-order chi connectivity index (χ0) is 12.9. The summed E-state index contributed by atoms with van der Waals surface area (Å²) in [5.41, 5.74) is 2.83. The molecular weight excluding hydrogens is 212 g/mol. The summed E-state index contributed by atoms with van der Waals surface area (Å²) in [6, 6.07) is 8.65. The first-order valence-corrected chi connectivity index (χ1v) is 6.21. The maximum Gasteiger partial charge on any atom is 0.303 e. The first kappa shape index (κ1) is 13.8. The summed E-state index contributed by atoms with van der Waals surface area (Å²) in [4.78, 5) is 10.4. The Balaban J connectivity index is 2.43. The van der Waals surface area contributed by atoms with Gasteiger partial charge in [-0.05, 0) is 35.8 Å². The fourth-order valence-corrected chi connectivity index (χ4v) is 1.78. The molecule has 0 aliphatic carbocycles. The van der Waals surface area contributed by atoms with E-state index in [0.717, 1.165) is 19.3 Å². The SMILES string of the molecule is CC(C)(C)c1ccc(CCCCC(=O)O)cc1. The van der Waals surface area contributed by atoms with E-state index in [1.165, 1.54) is 11.1 Å². The molecule has 0 radical (unpaired) electrons. The van der Waals surface area contributed by atoms with Gasteiger partial charge in [0.1, 0.15) is 0 Å². The molecule has 1 aromatic rings. The summed E-state index contributed by atoms with van der Waals surface area (Å²) in [6.07, 6.45) is 2.95. The number of carboxylic acids is 1. The number of aryl methyl sites for hydroxylation is 1. The molecule has 2 heteroatoms. The number of carboxylic acid groups (broad SMARTS) is 1. The molecule has 0 heterocycles. The Kier molecular flexibility index (Phi) is 4.73. The minimum Gasteiger partial charge on any atom is -0.481 e. The Labute approximate surface area is 104 Å². The summed E-state index contributed by atoms with van der Waals surface area (Å²) in [6.45, 7) is 6.61. The van der Waals surface area contributed by atoms with E-state index in [-0.39, 0.29) is 11.8 Å². The third kappa shape index (κ3) is 5.03. The maximum absolute atomic E-state index is 10.4. The second-order valence-electron chi connectivity index (χ2n) is 5.55. The average Bonchev–Trinajstić information content (AvgIpc) is 2.23. The quantitative estimate of drug-likeness (QED) is 0.787. The summed E-state index contributed by atoms with van der Waals surface area (Å²) < 4.78 is 0. The molecule has 0 saturated carbocycles. The van der Waals surface area contributed by atoms with E-state index in [4.69, 9.17) is 5.11 Å². The zero-order valence-electron chi connectivity index (χ0n) is 11.0. The van der Waals surface area contributed by atoms with Gasteiger partial charge in [-0.3, -0.25) is 4.79 Å². The number of benzene rings is 1. The second kappa shape index (κ2) is 5.85. The van der Waals surface area contributed by atoms with Crippen LogP contribution in [0.2, 0.25) is 0 Å². The van der Waals surface area contributed by atoms with Gasteiger partial charge >= 0.3 is 5.97 Å². The molecule has 0 saturated heterocycles. The highest BCUT2D eigenvalue weighted by Gasteiger charge is 2.12. The number of rotatable bonds is 5. The van der Waals surface area contributed by atoms with Gasteiger partial charge in [-0.1, -0.05) is 45.0 Å². The van der Waals surface area contributed by atoms with Crippen molar-refractivity contribution >= 4 is 5.97 Å². The minimum atomic E-state index is -0.701. The molecular formula is C15H22O2. The van der Waals surface area contributed by atoms with Crippen molar-refractivity contribution in [3.8, 4) is 0 Å². The van der Waals surface area contributed by atoms with Crippen molar-refractivity contribution in [2.75, 3.05) is 0 Å². The van der Waals surface area contributed by atoms with Gasteiger partial charge in [0.05, 0.1) is 0 Å². The minimum absolute atomic E-state index is 0.196. The van der Waals surface area contributed by atoms with Gasteiger partial charge in [0.25, 0.3) is 0 Å². The van der Waals surface area contributed by atoms with Gasteiger partial charge in [0.15, 0.2) is 0 Å². The van der Waals surface area contributed by atoms with Crippen molar-refractivity contribution in [1.29, 1.82) is 0 Å². The molecule has 1 rings (SSSR count). The smallest absolute Gasteiger partial charge is 0.303 e. The Morgan fingerprint density at radius 3 is 2.18 bits per heavy atom. The highest BCUT2D eigenvalue weighted by Crippen LogP contribution is 2.22. The van der Waals surface area contributed by atoms with Gasteiger partial charge in [-0.15, -0.1) is 0 Å². The number of hydrogen-bond acceptors (Lipinski definition) is 1. The lowest BCUT2D eigenvalue weighted by atomic mass is 9.86. The second-order valence-corrected chi connectivity index (χ2v) is 5.55. The summed E-state index contributed by atoms with van der Waals surface area (Å²) in [5.74, 6) is -0.701. The van der Waals surface area contributed by atoms with Crippen molar-refractivity contribution < 1.29 is 9.90 Å². The topological polar surface area (TPSA) is 37.3 Å². The monoisotopic (exact) mass is 234 g/mol. The van der Waals surface area contributed by atoms with Crippen LogP contribution < -0.4 is 0 Å². The molecule has 0 unspecified atom stereocenters. The summed E-state index contributed by atoms with van der Waals surface area (Å²) in [5, 5.41) is 8.54. The van der Waals surface area contributed by atoms with Gasteiger partial charge < -0.3 is 5.11 Å². The molecule has 0 bridgehead atoms. The Morgan fingerprint density at radius 1 is 1.12 bits per heavy atom. The van der Waals surface area contributed by atoms with E-state index >= 15 is 0 Å². The van der Waals surface area contributed by atoms with Crippen LogP contribution >= 0.6 is 0 Å². The molecule has 0 spiro atoms. The predicted molar refractivity (Wildman–Crippen MR) is 70.3 cm³/mol. The van der Waals surface area contributed by atoms with Gasteiger partial charge in [-0.2, -0.15) is 0 Å². The molecule has 0 fully saturated rings. The first-order chi connectivity index (χ1) is 7.89. The van der Waals surface area contributed by atoms with Crippen molar-refractivity contribution in [1.82, 2.24) is 0 Å². The molecule has 1 N–H and O–H groups in total. The molecule has 0 atom stereocenters. The summed E-state index contributed by atoms with van der Waals surface area (Å²) in [7, 11) is 0. The van der Waals surface area contributed by atoms with Gasteiger partial charge in [0, 0.05) is 6.42 Å². The van der Waals surface area contributed by atoms with E-state index in [9.17, 15) is 4.79 Å². The average molecular weight is 234 g/mol. The van der Waals surface area contributed by atoms with Crippen LogP contribution in [0.15, 0.2) is 24.3 Å². The fraction of sp³-hybridized carbons (Fsp3) is 0.533. The lowest BCUT2D eigenvalue weighted by molar-refractivity contribution is -0.137. The number of unbranched alkanes of at least 4 members (excludes halogenated alkanes) is 1. The third-order valence-electron chi connectivity index (χ3n) is 2.93. The molecule has 0 aliphatic heterocycles. The Bertz CT molecular complexity index is 358. The van der Waals surface area contributed by atoms with Crippen LogP contribution in [0, 0.1) is 0 Å². The lowest BCUT2D eigenvalue weighted by Gasteiger charge is -2.19. The first-order valence-electron chi connectivity index (χ1n) is 6.21. The van der Waals surface area contributed by atoms with Crippen LogP contribution in [0.25, 0.3) is 0 Å². The molecule has 17 heavy (non-hydrogen) atoms. The molecule has 94 valence electrons. The summed E-state index contributed by atoms with van der Waals surface area (Å²) >= 11 is 0. The van der Waals surface area contributed by atoms with Crippen LogP contribution in [0.4, 0.5) is 0 Å². The van der Waals surface area contributed by atoms with E-state index in [0.29, 0.717) is 0 Å². The van der Waals surface area contributed by atoms with Gasteiger partial charge in [0.2, 0.25) is 0 Å². The van der Waals surface area contributed by atoms with Gasteiger partial charge in [-0.25, -0.2) is 0 Å². The van der Waals surface area contributed by atoms with Crippen molar-refractivity contribution in [2.24, 2.45) is 0 Å². The van der Waals surface area contributed by atoms with Crippen LogP contribution in [0.3, 0.4) is 0 Å². The number of hydrogen-bond donors (Lipinski definition) is 1. The van der Waals surface area contributed by atoms with Crippen molar-refractivity contribution in [3.63, 3.8) is 0 Å². The zero-order valence-corrected chi connectivity index (χ0v) is 11.0. The normalized spacial score (nSPS) is 11.5. The van der Waals surface area contributed by atoms with E-state index in [1.54, 1.807) is 0 Å². The standard InChI is InChI=1S/C15H22O2/c1-15(2,3)13-10-8-12(9-11-13)6-4-5-7-14(16)17/h8-11H,4-7H2,1-3H3,(H,16,17). The number of aliphatic carboxylic acids is 1. The number of carbonyl (C=O) groups is 1.